The number of rotatable bonds is 4. The summed E-state index contributed by atoms with van der Waals surface area (Å²) >= 11 is 0. The van der Waals surface area contributed by atoms with Crippen LogP contribution in [0, 0.1) is 0 Å². The molecule has 0 aliphatic rings. The summed E-state index contributed by atoms with van der Waals surface area (Å²) in [4.78, 5) is -0.809. The molecule has 0 radical (unpaired) electrons. The van der Waals surface area contributed by atoms with E-state index in [-0.39, 0.29) is 22.5 Å². The van der Waals surface area contributed by atoms with Crippen LogP contribution in [0.1, 0.15) is 25.0 Å². The van der Waals surface area contributed by atoms with Gasteiger partial charge in [0.2, 0.25) is 0 Å². The molecule has 0 saturated carbocycles. The van der Waals surface area contributed by atoms with Gasteiger partial charge in [0.05, 0.1) is 0 Å². The van der Waals surface area contributed by atoms with Crippen LogP contribution in [0.5, 0.6) is 0 Å². The summed E-state index contributed by atoms with van der Waals surface area (Å²) in [5.41, 5.74) is 12.5. The summed E-state index contributed by atoms with van der Waals surface area (Å²) in [6.45, 7) is 3.11. The molecule has 26 heavy (non-hydrogen) atoms. The normalized spacial score (nSPS) is 13.4. The van der Waals surface area contributed by atoms with Crippen LogP contribution in [-0.2, 0) is 20.2 Å². The number of hydrogen-bond acceptors (Lipinski definition) is 6. The second-order valence-corrected chi connectivity index (χ2v) is 8.49. The Hall–Kier alpha value is -2.40. The summed E-state index contributed by atoms with van der Waals surface area (Å²) in [5, 5.41) is 0. The van der Waals surface area contributed by atoms with E-state index in [1.54, 1.807) is 13.8 Å². The molecule has 0 aliphatic carbocycles. The number of nitrogen functional groups attached to an aromatic ring is 2. The number of hydrogen-bond donors (Lipinski definition) is 4. The summed E-state index contributed by atoms with van der Waals surface area (Å²) < 4.78 is 65.6. The Morgan fingerprint density at radius 3 is 1.31 bits per heavy atom. The van der Waals surface area contributed by atoms with Gasteiger partial charge in [0, 0.05) is 11.4 Å². The lowest BCUT2D eigenvalue weighted by Gasteiger charge is -2.15. The smallest absolute Gasteiger partial charge is 0.295 e. The van der Waals surface area contributed by atoms with Crippen molar-refractivity contribution in [3.8, 4) is 0 Å². The fraction of sp³-hybridized carbons (Fsp3) is 0.125. The van der Waals surface area contributed by atoms with Crippen molar-refractivity contribution >= 4 is 42.8 Å². The van der Waals surface area contributed by atoms with Gasteiger partial charge in [-0.15, -0.1) is 0 Å². The van der Waals surface area contributed by atoms with Crippen molar-refractivity contribution in [3.05, 3.63) is 47.5 Å². The predicted molar refractivity (Wildman–Crippen MR) is 99.5 cm³/mol. The van der Waals surface area contributed by atoms with Crippen molar-refractivity contribution in [2.24, 2.45) is 0 Å². The van der Waals surface area contributed by atoms with Gasteiger partial charge < -0.3 is 11.5 Å². The molecule has 0 heterocycles. The summed E-state index contributed by atoms with van der Waals surface area (Å²) in [6.07, 6.45) is 0. The fourth-order valence-corrected chi connectivity index (χ4v) is 4.10. The molecule has 0 saturated heterocycles. The second-order valence-electron chi connectivity index (χ2n) is 5.71. The minimum atomic E-state index is -4.56. The maximum absolute atomic E-state index is 11.7. The third kappa shape index (κ3) is 4.05. The summed E-state index contributed by atoms with van der Waals surface area (Å²) in [7, 11) is -9.13. The molecular weight excluding hydrogens is 380 g/mol. The van der Waals surface area contributed by atoms with Crippen LogP contribution in [0.2, 0.25) is 0 Å². The quantitative estimate of drug-likeness (QED) is 0.346. The Morgan fingerprint density at radius 1 is 0.731 bits per heavy atom. The molecule has 2 rings (SSSR count). The fourth-order valence-electron chi connectivity index (χ4n) is 2.53. The molecule has 0 bridgehead atoms. The highest BCUT2D eigenvalue weighted by Crippen LogP contribution is 2.34. The molecule has 0 amide bonds. The van der Waals surface area contributed by atoms with Crippen LogP contribution in [0.4, 0.5) is 11.4 Å². The zero-order valence-corrected chi connectivity index (χ0v) is 15.6. The minimum Gasteiger partial charge on any atom is -0.399 e. The van der Waals surface area contributed by atoms with Gasteiger partial charge in [-0.05, 0) is 60.4 Å². The molecule has 6 N–H and O–H groups in total. The van der Waals surface area contributed by atoms with Crippen molar-refractivity contribution in [1.82, 2.24) is 0 Å². The Balaban J connectivity index is 2.82. The number of allylic oxidation sites excluding steroid dienone is 2. The average Bonchev–Trinajstić information content (AvgIpc) is 2.51. The van der Waals surface area contributed by atoms with Crippen molar-refractivity contribution in [3.63, 3.8) is 0 Å². The van der Waals surface area contributed by atoms with Crippen LogP contribution < -0.4 is 11.5 Å². The van der Waals surface area contributed by atoms with E-state index in [1.807, 2.05) is 0 Å². The maximum Gasteiger partial charge on any atom is 0.295 e. The monoisotopic (exact) mass is 398 g/mol. The first kappa shape index (κ1) is 19.9. The van der Waals surface area contributed by atoms with E-state index in [9.17, 15) is 25.9 Å². The van der Waals surface area contributed by atoms with Crippen LogP contribution in [0.15, 0.2) is 46.2 Å². The van der Waals surface area contributed by atoms with Gasteiger partial charge >= 0.3 is 0 Å². The van der Waals surface area contributed by atoms with Gasteiger partial charge in [-0.3, -0.25) is 9.11 Å². The summed E-state index contributed by atoms with van der Waals surface area (Å²) in [6, 6.07) is 7.92. The van der Waals surface area contributed by atoms with Crippen LogP contribution in [0.3, 0.4) is 0 Å². The molecule has 0 aromatic heterocycles. The maximum atomic E-state index is 11.7. The topological polar surface area (TPSA) is 161 Å². The molecule has 0 aliphatic heterocycles. The number of anilines is 2. The summed E-state index contributed by atoms with van der Waals surface area (Å²) in [5.74, 6) is 0. The minimum absolute atomic E-state index is 0.137. The Morgan fingerprint density at radius 2 is 1.04 bits per heavy atom. The van der Waals surface area contributed by atoms with E-state index in [2.05, 4.69) is 0 Å². The molecule has 2 aromatic carbocycles. The van der Waals surface area contributed by atoms with Crippen LogP contribution in [-0.4, -0.2) is 25.9 Å². The van der Waals surface area contributed by atoms with Crippen LogP contribution >= 0.6 is 0 Å². The Kier molecular flexibility index (Phi) is 5.15. The lowest BCUT2D eigenvalue weighted by Crippen LogP contribution is -2.06. The number of nitrogens with two attached hydrogens (primary N) is 2. The highest BCUT2D eigenvalue weighted by Gasteiger charge is 2.21. The molecule has 0 atom stereocenters. The first-order valence-corrected chi connectivity index (χ1v) is 10.1. The largest absolute Gasteiger partial charge is 0.399 e. The molecule has 2 aromatic rings. The highest BCUT2D eigenvalue weighted by molar-refractivity contribution is 7.86. The molecule has 0 unspecified atom stereocenters. The third-order valence-electron chi connectivity index (χ3n) is 3.94. The first-order chi connectivity index (χ1) is 11.8. The lowest BCUT2D eigenvalue weighted by molar-refractivity contribution is 0.480. The van der Waals surface area contributed by atoms with Crippen molar-refractivity contribution in [2.45, 2.75) is 23.6 Å². The Bertz CT molecular complexity index is 1030. The third-order valence-corrected chi connectivity index (χ3v) is 5.72. The molecular formula is C16H18N2O6S2. The van der Waals surface area contributed by atoms with E-state index in [0.717, 1.165) is 12.1 Å². The highest BCUT2D eigenvalue weighted by atomic mass is 32.2. The second kappa shape index (κ2) is 6.72. The van der Waals surface area contributed by atoms with E-state index >= 15 is 0 Å². The lowest BCUT2D eigenvalue weighted by atomic mass is 9.96. The van der Waals surface area contributed by atoms with Gasteiger partial charge in [0.15, 0.2) is 0 Å². The van der Waals surface area contributed by atoms with Crippen LogP contribution in [0.25, 0.3) is 11.1 Å². The van der Waals surface area contributed by atoms with Crippen molar-refractivity contribution in [1.29, 1.82) is 0 Å². The molecule has 10 heteroatoms. The van der Waals surface area contributed by atoms with E-state index in [4.69, 9.17) is 11.5 Å². The first-order valence-electron chi connectivity index (χ1n) is 7.24. The standard InChI is InChI=1S/C16H18N2O6S2/c1-9(13-5-3-11(17)7-15(13)25(19,20)21)10(2)14-6-4-12(18)8-16(14)26(22,23)24/h3-8H,17-18H2,1-2H3,(H,19,20,21)(H,22,23,24)/b10-9+. The SMILES string of the molecule is C/C(=C(/C)c1ccc(N)cc1S(=O)(=O)O)c1ccc(N)cc1S(=O)(=O)O. The Labute approximate surface area is 151 Å². The molecule has 0 fully saturated rings. The zero-order chi connectivity index (χ0) is 19.9. The van der Waals surface area contributed by atoms with E-state index in [0.29, 0.717) is 11.1 Å². The van der Waals surface area contributed by atoms with E-state index in [1.165, 1.54) is 24.3 Å². The zero-order valence-electron chi connectivity index (χ0n) is 14.0. The number of benzene rings is 2. The average molecular weight is 398 g/mol. The van der Waals surface area contributed by atoms with Crippen molar-refractivity contribution < 1.29 is 25.9 Å². The van der Waals surface area contributed by atoms with Gasteiger partial charge in [-0.1, -0.05) is 12.1 Å². The molecule has 140 valence electrons. The van der Waals surface area contributed by atoms with Gasteiger partial charge in [0.1, 0.15) is 9.79 Å². The van der Waals surface area contributed by atoms with E-state index < -0.39 is 30.0 Å². The molecule has 8 nitrogen and oxygen atoms in total. The predicted octanol–water partition coefficient (Wildman–Crippen LogP) is 2.29. The van der Waals surface area contributed by atoms with Gasteiger partial charge in [-0.2, -0.15) is 16.8 Å². The molecule has 0 spiro atoms. The van der Waals surface area contributed by atoms with Crippen molar-refractivity contribution in [2.75, 3.05) is 11.5 Å². The van der Waals surface area contributed by atoms with Gasteiger partial charge in [-0.25, -0.2) is 0 Å². The van der Waals surface area contributed by atoms with Gasteiger partial charge in [0.25, 0.3) is 20.2 Å².